The van der Waals surface area contributed by atoms with Crippen LogP contribution in [0.25, 0.3) is 0 Å². The van der Waals surface area contributed by atoms with Gasteiger partial charge in [0, 0.05) is 6.04 Å². The Hall–Kier alpha value is -0.0400. The minimum Gasteiger partial charge on any atom is -0.314 e. The summed E-state index contributed by atoms with van der Waals surface area (Å²) in [6, 6.07) is 0.867. The van der Waals surface area contributed by atoms with Gasteiger partial charge in [0.2, 0.25) is 0 Å². The largest absolute Gasteiger partial charge is 0.314 e. The maximum atomic E-state index is 3.97. The van der Waals surface area contributed by atoms with Crippen LogP contribution in [0, 0.1) is 23.2 Å². The average Bonchev–Trinajstić information content (AvgIpc) is 3.34. The summed E-state index contributed by atoms with van der Waals surface area (Å²) < 4.78 is 0. The van der Waals surface area contributed by atoms with E-state index in [4.69, 9.17) is 0 Å². The second kappa shape index (κ2) is 5.06. The smallest absolute Gasteiger partial charge is 0.00675 e. The zero-order valence-electron chi connectivity index (χ0n) is 12.5. The minimum atomic E-state index is 0.810. The fourth-order valence-corrected chi connectivity index (χ4v) is 5.13. The molecule has 0 saturated heterocycles. The highest BCUT2D eigenvalue weighted by Gasteiger charge is 2.42. The first kappa shape index (κ1) is 12.7. The van der Waals surface area contributed by atoms with Crippen LogP contribution in [-0.4, -0.2) is 12.6 Å². The monoisotopic (exact) mass is 261 g/mol. The van der Waals surface area contributed by atoms with Gasteiger partial charge >= 0.3 is 0 Å². The maximum Gasteiger partial charge on any atom is 0.00675 e. The lowest BCUT2D eigenvalue weighted by atomic mass is 9.71. The molecule has 4 rings (SSSR count). The van der Waals surface area contributed by atoms with Crippen LogP contribution >= 0.6 is 0 Å². The quantitative estimate of drug-likeness (QED) is 0.767. The SMILES string of the molecule is C1CCC2(C1)CCC(NCC(C1CC1)C1CC1)CC2. The predicted molar refractivity (Wildman–Crippen MR) is 80.1 cm³/mol. The molecule has 0 aromatic heterocycles. The molecule has 0 aromatic rings. The Kier molecular flexibility index (Phi) is 3.38. The van der Waals surface area contributed by atoms with Gasteiger partial charge in [0.1, 0.15) is 0 Å². The summed E-state index contributed by atoms with van der Waals surface area (Å²) in [5.74, 6) is 3.29. The van der Waals surface area contributed by atoms with E-state index >= 15 is 0 Å². The van der Waals surface area contributed by atoms with Crippen molar-refractivity contribution in [2.45, 2.75) is 83.1 Å². The Balaban J connectivity index is 1.23. The lowest BCUT2D eigenvalue weighted by Crippen LogP contribution is -2.39. The van der Waals surface area contributed by atoms with Gasteiger partial charge in [-0.25, -0.2) is 0 Å². The molecule has 1 nitrogen and oxygen atoms in total. The second-order valence-electron chi connectivity index (χ2n) is 8.23. The normalized spacial score (nSPS) is 31.4. The molecule has 4 aliphatic rings. The molecule has 0 aromatic carbocycles. The highest BCUT2D eigenvalue weighted by atomic mass is 14.9. The molecule has 1 N–H and O–H groups in total. The van der Waals surface area contributed by atoms with E-state index in [9.17, 15) is 0 Å². The molecule has 0 radical (unpaired) electrons. The van der Waals surface area contributed by atoms with Gasteiger partial charge in [-0.1, -0.05) is 12.8 Å². The van der Waals surface area contributed by atoms with Gasteiger partial charge in [-0.2, -0.15) is 0 Å². The summed E-state index contributed by atoms with van der Waals surface area (Å²) in [7, 11) is 0. The molecule has 0 bridgehead atoms. The number of nitrogens with one attached hydrogen (secondary N) is 1. The predicted octanol–water partition coefficient (Wildman–Crippen LogP) is 4.52. The highest BCUT2D eigenvalue weighted by molar-refractivity contribution is 4.95. The van der Waals surface area contributed by atoms with E-state index in [-0.39, 0.29) is 0 Å². The lowest BCUT2D eigenvalue weighted by Gasteiger charge is -2.38. The number of hydrogen-bond acceptors (Lipinski definition) is 1. The van der Waals surface area contributed by atoms with Crippen LogP contribution in [0.1, 0.15) is 77.0 Å². The van der Waals surface area contributed by atoms with Crippen LogP contribution in [0.3, 0.4) is 0 Å². The van der Waals surface area contributed by atoms with E-state index in [0.29, 0.717) is 0 Å². The Morgan fingerprint density at radius 1 is 0.789 bits per heavy atom. The molecule has 108 valence electrons. The summed E-state index contributed by atoms with van der Waals surface area (Å²) in [6.07, 6.45) is 18.3. The summed E-state index contributed by atoms with van der Waals surface area (Å²) >= 11 is 0. The van der Waals surface area contributed by atoms with Crippen LogP contribution in [0.2, 0.25) is 0 Å². The Bertz CT molecular complexity index is 288. The van der Waals surface area contributed by atoms with Crippen molar-refractivity contribution in [2.24, 2.45) is 23.2 Å². The number of hydrogen-bond donors (Lipinski definition) is 1. The summed E-state index contributed by atoms with van der Waals surface area (Å²) in [6.45, 7) is 1.35. The van der Waals surface area contributed by atoms with Gasteiger partial charge in [0.05, 0.1) is 0 Å². The van der Waals surface area contributed by atoms with Crippen molar-refractivity contribution < 1.29 is 0 Å². The van der Waals surface area contributed by atoms with Crippen molar-refractivity contribution in [3.63, 3.8) is 0 Å². The first-order valence-corrected chi connectivity index (χ1v) is 9.08. The van der Waals surface area contributed by atoms with E-state index in [0.717, 1.165) is 29.2 Å². The first-order valence-electron chi connectivity index (χ1n) is 9.08. The topological polar surface area (TPSA) is 12.0 Å². The van der Waals surface area contributed by atoms with Gasteiger partial charge < -0.3 is 5.32 Å². The fraction of sp³-hybridized carbons (Fsp3) is 1.00. The zero-order valence-corrected chi connectivity index (χ0v) is 12.5. The molecule has 4 saturated carbocycles. The van der Waals surface area contributed by atoms with Gasteiger partial charge in [0.15, 0.2) is 0 Å². The second-order valence-corrected chi connectivity index (χ2v) is 8.23. The van der Waals surface area contributed by atoms with Crippen molar-refractivity contribution in [1.29, 1.82) is 0 Å². The van der Waals surface area contributed by atoms with Gasteiger partial charge in [-0.15, -0.1) is 0 Å². The molecule has 19 heavy (non-hydrogen) atoms. The molecule has 1 heteroatoms. The Morgan fingerprint density at radius 2 is 1.37 bits per heavy atom. The molecule has 0 atom stereocenters. The average molecular weight is 261 g/mol. The van der Waals surface area contributed by atoms with Crippen LogP contribution in [0.4, 0.5) is 0 Å². The van der Waals surface area contributed by atoms with Gasteiger partial charge in [-0.05, 0) is 93.9 Å². The molecule has 4 fully saturated rings. The Morgan fingerprint density at radius 3 is 1.89 bits per heavy atom. The third-order valence-corrected chi connectivity index (χ3v) is 6.81. The Labute approximate surface area is 118 Å². The third kappa shape index (κ3) is 2.86. The van der Waals surface area contributed by atoms with E-state index in [1.807, 2.05) is 0 Å². The summed E-state index contributed by atoms with van der Waals surface area (Å²) in [5, 5.41) is 3.97. The molecular formula is C18H31N. The fourth-order valence-electron chi connectivity index (χ4n) is 5.13. The standard InChI is InChI=1S/C18H31N/c1-2-10-18(9-1)11-7-16(8-12-18)19-13-17(14-3-4-14)15-5-6-15/h14-17,19H,1-13H2. The van der Waals surface area contributed by atoms with Crippen molar-refractivity contribution in [2.75, 3.05) is 6.54 Å². The first-order chi connectivity index (χ1) is 9.35. The van der Waals surface area contributed by atoms with E-state index in [1.165, 1.54) is 70.8 Å². The zero-order chi connectivity index (χ0) is 12.7. The van der Waals surface area contributed by atoms with E-state index < -0.39 is 0 Å². The van der Waals surface area contributed by atoms with Crippen molar-refractivity contribution in [3.8, 4) is 0 Å². The van der Waals surface area contributed by atoms with Crippen molar-refractivity contribution >= 4 is 0 Å². The highest BCUT2D eigenvalue weighted by Crippen LogP contribution is 2.50. The molecule has 0 heterocycles. The van der Waals surface area contributed by atoms with Gasteiger partial charge in [-0.3, -0.25) is 0 Å². The molecule has 1 spiro atoms. The van der Waals surface area contributed by atoms with E-state index in [2.05, 4.69) is 5.32 Å². The molecule has 0 aliphatic heterocycles. The summed E-state index contributed by atoms with van der Waals surface area (Å²) in [4.78, 5) is 0. The number of rotatable bonds is 5. The van der Waals surface area contributed by atoms with Gasteiger partial charge in [0.25, 0.3) is 0 Å². The molecule has 0 amide bonds. The minimum absolute atomic E-state index is 0.810. The van der Waals surface area contributed by atoms with Crippen molar-refractivity contribution in [1.82, 2.24) is 5.32 Å². The maximum absolute atomic E-state index is 3.97. The molecule has 4 aliphatic carbocycles. The lowest BCUT2D eigenvalue weighted by molar-refractivity contribution is 0.164. The van der Waals surface area contributed by atoms with Crippen LogP contribution < -0.4 is 5.32 Å². The molecule has 0 unspecified atom stereocenters. The van der Waals surface area contributed by atoms with Crippen LogP contribution in [0.5, 0.6) is 0 Å². The van der Waals surface area contributed by atoms with Crippen LogP contribution in [-0.2, 0) is 0 Å². The summed E-state index contributed by atoms with van der Waals surface area (Å²) in [5.41, 5.74) is 0.810. The van der Waals surface area contributed by atoms with E-state index in [1.54, 1.807) is 12.8 Å². The third-order valence-electron chi connectivity index (χ3n) is 6.81. The van der Waals surface area contributed by atoms with Crippen LogP contribution in [0.15, 0.2) is 0 Å². The van der Waals surface area contributed by atoms with Crippen molar-refractivity contribution in [3.05, 3.63) is 0 Å². The molecular weight excluding hydrogens is 230 g/mol.